The Morgan fingerprint density at radius 3 is 2.46 bits per heavy atom. The van der Waals surface area contributed by atoms with E-state index in [0.29, 0.717) is 5.56 Å². The van der Waals surface area contributed by atoms with Crippen LogP contribution >= 0.6 is 23.1 Å². The smallest absolute Gasteiger partial charge is 0.337 e. The van der Waals surface area contributed by atoms with Crippen LogP contribution in [0, 0.1) is 0 Å². The fourth-order valence-corrected chi connectivity index (χ4v) is 3.84. The number of thioether (sulfide) groups is 1. The van der Waals surface area contributed by atoms with Crippen LogP contribution in [0.4, 0.5) is 10.8 Å². The summed E-state index contributed by atoms with van der Waals surface area (Å²) in [6, 6.07) is 15.0. The number of nitrogens with one attached hydrogen (secondary N) is 1. The number of carbonyl (C=O) groups is 1. The van der Waals surface area contributed by atoms with Gasteiger partial charge in [-0.3, -0.25) is 0 Å². The molecule has 3 rings (SSSR count). The van der Waals surface area contributed by atoms with E-state index in [1.54, 1.807) is 31.0 Å². The van der Waals surface area contributed by atoms with E-state index in [-0.39, 0.29) is 5.97 Å². The largest absolute Gasteiger partial charge is 0.497 e. The maximum absolute atomic E-state index is 11.4. The number of anilines is 2. The average Bonchev–Trinajstić information content (AvgIpc) is 3.14. The monoisotopic (exact) mass is 387 g/mol. The number of hydrogen-bond donors (Lipinski definition) is 1. The maximum atomic E-state index is 11.4. The molecule has 0 unspecified atom stereocenters. The highest BCUT2D eigenvalue weighted by Crippen LogP contribution is 2.30. The van der Waals surface area contributed by atoms with Gasteiger partial charge in [-0.1, -0.05) is 35.2 Å². The zero-order valence-corrected chi connectivity index (χ0v) is 15.9. The van der Waals surface area contributed by atoms with Crippen LogP contribution in [0.5, 0.6) is 5.75 Å². The average molecular weight is 387 g/mol. The first kappa shape index (κ1) is 18.2. The molecule has 0 aliphatic rings. The van der Waals surface area contributed by atoms with E-state index in [2.05, 4.69) is 15.5 Å². The van der Waals surface area contributed by atoms with Crippen molar-refractivity contribution >= 4 is 39.9 Å². The third-order valence-electron chi connectivity index (χ3n) is 3.49. The van der Waals surface area contributed by atoms with Gasteiger partial charge in [-0.05, 0) is 42.0 Å². The summed E-state index contributed by atoms with van der Waals surface area (Å²) in [6.45, 7) is 0. The van der Waals surface area contributed by atoms with E-state index in [1.807, 2.05) is 36.4 Å². The molecule has 2 aromatic carbocycles. The minimum absolute atomic E-state index is 0.331. The quantitative estimate of drug-likeness (QED) is 0.477. The van der Waals surface area contributed by atoms with Crippen LogP contribution < -0.4 is 10.1 Å². The van der Waals surface area contributed by atoms with Gasteiger partial charge in [0.1, 0.15) is 5.75 Å². The highest BCUT2D eigenvalue weighted by atomic mass is 32.2. The molecule has 0 amide bonds. The molecule has 0 fully saturated rings. The first-order valence-corrected chi connectivity index (χ1v) is 9.53. The van der Waals surface area contributed by atoms with Crippen molar-refractivity contribution in [1.82, 2.24) is 10.2 Å². The summed E-state index contributed by atoms with van der Waals surface area (Å²) in [5.41, 5.74) is 2.57. The van der Waals surface area contributed by atoms with Gasteiger partial charge in [0.2, 0.25) is 5.13 Å². The Morgan fingerprint density at radius 1 is 1.08 bits per heavy atom. The normalized spacial score (nSPS) is 10.4. The van der Waals surface area contributed by atoms with Crippen molar-refractivity contribution in [3.05, 3.63) is 59.7 Å². The lowest BCUT2D eigenvalue weighted by atomic mass is 10.1. The number of aromatic nitrogens is 2. The summed E-state index contributed by atoms with van der Waals surface area (Å²) in [7, 11) is 3.01. The molecule has 0 saturated heterocycles. The predicted molar refractivity (Wildman–Crippen MR) is 104 cm³/mol. The van der Waals surface area contributed by atoms with Crippen molar-refractivity contribution in [2.75, 3.05) is 19.5 Å². The van der Waals surface area contributed by atoms with Gasteiger partial charge < -0.3 is 14.8 Å². The fourth-order valence-electron chi connectivity index (χ4n) is 2.12. The molecule has 0 radical (unpaired) electrons. The van der Waals surface area contributed by atoms with E-state index in [9.17, 15) is 4.79 Å². The first-order chi connectivity index (χ1) is 12.7. The summed E-state index contributed by atoms with van der Waals surface area (Å²) in [6.07, 6.45) is 0. The lowest BCUT2D eigenvalue weighted by Gasteiger charge is -2.03. The van der Waals surface area contributed by atoms with Crippen LogP contribution in [0.3, 0.4) is 0 Å². The van der Waals surface area contributed by atoms with Gasteiger partial charge in [0.15, 0.2) is 4.34 Å². The second kappa shape index (κ2) is 8.68. The van der Waals surface area contributed by atoms with Crippen LogP contribution in [-0.4, -0.2) is 30.4 Å². The molecule has 0 saturated carbocycles. The van der Waals surface area contributed by atoms with Crippen LogP contribution in [0.1, 0.15) is 15.9 Å². The number of methoxy groups -OCH3 is 2. The predicted octanol–water partition coefficient (Wildman–Crippen LogP) is 4.37. The van der Waals surface area contributed by atoms with Crippen LogP contribution in [0.2, 0.25) is 0 Å². The molecule has 0 bridgehead atoms. The van der Waals surface area contributed by atoms with Crippen molar-refractivity contribution < 1.29 is 14.3 Å². The van der Waals surface area contributed by atoms with E-state index >= 15 is 0 Å². The molecule has 3 aromatic rings. The number of carbonyl (C=O) groups excluding carboxylic acids is 1. The van der Waals surface area contributed by atoms with Crippen LogP contribution in [0.15, 0.2) is 52.9 Å². The standard InChI is InChI=1S/C18H17N3O3S2/c1-23-15-9-7-14(8-10-15)19-17-20-21-18(26-17)25-11-12-3-5-13(6-4-12)16(22)24-2/h3-10H,11H2,1-2H3,(H,19,20). The number of esters is 1. The number of rotatable bonds is 7. The van der Waals surface area contributed by atoms with E-state index < -0.39 is 0 Å². The first-order valence-electron chi connectivity index (χ1n) is 7.72. The second-order valence-electron chi connectivity index (χ2n) is 5.20. The van der Waals surface area contributed by atoms with Gasteiger partial charge in [-0.15, -0.1) is 10.2 Å². The Kier molecular flexibility index (Phi) is 6.08. The molecule has 0 aliphatic carbocycles. The van der Waals surface area contributed by atoms with E-state index in [0.717, 1.165) is 32.2 Å². The molecular weight excluding hydrogens is 370 g/mol. The second-order valence-corrected chi connectivity index (χ2v) is 7.40. The van der Waals surface area contributed by atoms with Crippen molar-refractivity contribution in [2.45, 2.75) is 10.1 Å². The topological polar surface area (TPSA) is 73.3 Å². The van der Waals surface area contributed by atoms with Gasteiger partial charge in [-0.25, -0.2) is 4.79 Å². The minimum Gasteiger partial charge on any atom is -0.497 e. The molecule has 134 valence electrons. The van der Waals surface area contributed by atoms with Gasteiger partial charge in [0, 0.05) is 11.4 Å². The van der Waals surface area contributed by atoms with Crippen molar-refractivity contribution in [3.8, 4) is 5.75 Å². The van der Waals surface area contributed by atoms with Gasteiger partial charge >= 0.3 is 5.97 Å². The Hall–Kier alpha value is -2.58. The molecule has 1 N–H and O–H groups in total. The van der Waals surface area contributed by atoms with Crippen molar-refractivity contribution in [3.63, 3.8) is 0 Å². The Labute approximate surface area is 159 Å². The highest BCUT2D eigenvalue weighted by Gasteiger charge is 2.08. The van der Waals surface area contributed by atoms with Crippen molar-refractivity contribution in [1.29, 1.82) is 0 Å². The van der Waals surface area contributed by atoms with Gasteiger partial charge in [-0.2, -0.15) is 0 Å². The molecular formula is C18H17N3O3S2. The number of hydrogen-bond acceptors (Lipinski definition) is 8. The van der Waals surface area contributed by atoms with E-state index in [1.165, 1.54) is 18.4 Å². The summed E-state index contributed by atoms with van der Waals surface area (Å²) in [5.74, 6) is 1.23. The van der Waals surface area contributed by atoms with Crippen LogP contribution in [0.25, 0.3) is 0 Å². The fraction of sp³-hybridized carbons (Fsp3) is 0.167. The van der Waals surface area contributed by atoms with E-state index in [4.69, 9.17) is 9.47 Å². The van der Waals surface area contributed by atoms with Crippen molar-refractivity contribution in [2.24, 2.45) is 0 Å². The SMILES string of the molecule is COC(=O)c1ccc(CSc2nnc(Nc3ccc(OC)cc3)s2)cc1. The zero-order valence-electron chi connectivity index (χ0n) is 14.3. The number of benzene rings is 2. The minimum atomic E-state index is -0.331. The number of ether oxygens (including phenoxy) is 2. The summed E-state index contributed by atoms with van der Waals surface area (Å²) in [4.78, 5) is 11.4. The molecule has 26 heavy (non-hydrogen) atoms. The van der Waals surface area contributed by atoms with Gasteiger partial charge in [0.05, 0.1) is 19.8 Å². The molecule has 0 spiro atoms. The summed E-state index contributed by atoms with van der Waals surface area (Å²) >= 11 is 3.09. The molecule has 6 nitrogen and oxygen atoms in total. The Balaban J connectivity index is 1.55. The number of nitrogens with zero attached hydrogens (tertiary/aromatic N) is 2. The molecule has 1 aromatic heterocycles. The molecule has 8 heteroatoms. The molecule has 0 atom stereocenters. The summed E-state index contributed by atoms with van der Waals surface area (Å²) < 4.78 is 10.7. The zero-order chi connectivity index (χ0) is 18.4. The molecule has 0 aliphatic heterocycles. The summed E-state index contributed by atoms with van der Waals surface area (Å²) in [5, 5.41) is 12.3. The lowest BCUT2D eigenvalue weighted by Crippen LogP contribution is -2.00. The highest BCUT2D eigenvalue weighted by molar-refractivity contribution is 8.00. The van der Waals surface area contributed by atoms with Crippen LogP contribution in [-0.2, 0) is 10.5 Å². The molecule has 1 heterocycles. The third kappa shape index (κ3) is 4.74. The lowest BCUT2D eigenvalue weighted by molar-refractivity contribution is 0.0600. The Morgan fingerprint density at radius 2 is 1.81 bits per heavy atom. The van der Waals surface area contributed by atoms with Gasteiger partial charge in [0.25, 0.3) is 0 Å². The third-order valence-corrected chi connectivity index (χ3v) is 5.53. The maximum Gasteiger partial charge on any atom is 0.337 e. The Bertz CT molecular complexity index is 864.